The summed E-state index contributed by atoms with van der Waals surface area (Å²) < 4.78 is 32.6. The Kier molecular flexibility index (Phi) is 5.81. The van der Waals surface area contributed by atoms with Crippen LogP contribution in [0.3, 0.4) is 0 Å². The number of sulfonamides is 1. The van der Waals surface area contributed by atoms with E-state index in [1.54, 1.807) is 40.7 Å². The second-order valence-corrected chi connectivity index (χ2v) is 9.76. The van der Waals surface area contributed by atoms with Crippen molar-refractivity contribution in [1.82, 2.24) is 9.62 Å². The topological polar surface area (TPSA) is 75.7 Å². The third-order valence-corrected chi connectivity index (χ3v) is 7.48. The second-order valence-electron chi connectivity index (χ2n) is 7.39. The Labute approximate surface area is 175 Å². The largest absolute Gasteiger partial charge is 0.480 e. The minimum Gasteiger partial charge on any atom is -0.480 e. The van der Waals surface area contributed by atoms with Crippen molar-refractivity contribution in [2.45, 2.75) is 43.2 Å². The van der Waals surface area contributed by atoms with Gasteiger partial charge >= 0.3 is 0 Å². The quantitative estimate of drug-likeness (QED) is 0.784. The number of carbonyl (C=O) groups is 1. The molecule has 1 N–H and O–H groups in total. The molecule has 0 bridgehead atoms. The third kappa shape index (κ3) is 4.42. The minimum absolute atomic E-state index is 0.206. The van der Waals surface area contributed by atoms with Gasteiger partial charge in [0, 0.05) is 31.1 Å². The lowest BCUT2D eigenvalue weighted by atomic mass is 10.1. The SMILES string of the molecule is O=C(NCc1ccc(S(=O)(=O)N2CCCCC2)cc1)C1Cc2cc(Cl)ccc2O1. The van der Waals surface area contributed by atoms with Crippen molar-refractivity contribution in [3.05, 3.63) is 58.6 Å². The molecule has 0 saturated carbocycles. The second kappa shape index (κ2) is 8.34. The number of nitrogens with one attached hydrogen (secondary N) is 1. The number of fused-ring (bicyclic) bond motifs is 1. The number of carbonyl (C=O) groups excluding carboxylic acids is 1. The van der Waals surface area contributed by atoms with Crippen molar-refractivity contribution < 1.29 is 17.9 Å². The van der Waals surface area contributed by atoms with Crippen molar-refractivity contribution in [3.8, 4) is 5.75 Å². The summed E-state index contributed by atoms with van der Waals surface area (Å²) in [5, 5.41) is 3.47. The number of piperidine rings is 1. The maximum absolute atomic E-state index is 12.7. The van der Waals surface area contributed by atoms with E-state index in [1.807, 2.05) is 6.07 Å². The Hall–Kier alpha value is -2.09. The smallest absolute Gasteiger partial charge is 0.261 e. The predicted molar refractivity (Wildman–Crippen MR) is 110 cm³/mol. The molecule has 2 aromatic carbocycles. The number of halogens is 1. The van der Waals surface area contributed by atoms with Crippen LogP contribution in [0.2, 0.25) is 5.02 Å². The molecule has 0 spiro atoms. The Morgan fingerprint density at radius 1 is 1.10 bits per heavy atom. The third-order valence-electron chi connectivity index (χ3n) is 5.33. The van der Waals surface area contributed by atoms with Crippen LogP contribution in [-0.4, -0.2) is 37.8 Å². The number of hydrogen-bond donors (Lipinski definition) is 1. The van der Waals surface area contributed by atoms with Gasteiger partial charge in [0.2, 0.25) is 10.0 Å². The fourth-order valence-corrected chi connectivity index (χ4v) is 5.41. The highest BCUT2D eigenvalue weighted by Crippen LogP contribution is 2.31. The molecule has 0 aliphatic carbocycles. The van der Waals surface area contributed by atoms with Crippen molar-refractivity contribution in [1.29, 1.82) is 0 Å². The summed E-state index contributed by atoms with van der Waals surface area (Å²) in [6.07, 6.45) is 2.79. The van der Waals surface area contributed by atoms with Gasteiger partial charge in [-0.1, -0.05) is 30.2 Å². The molecular weight excluding hydrogens is 412 g/mol. The zero-order valence-electron chi connectivity index (χ0n) is 15.9. The molecular formula is C21H23ClN2O4S. The van der Waals surface area contributed by atoms with Crippen LogP contribution in [0.5, 0.6) is 5.75 Å². The zero-order valence-corrected chi connectivity index (χ0v) is 17.5. The number of ether oxygens (including phenoxy) is 1. The normalized spacial score (nSPS) is 19.4. The predicted octanol–water partition coefficient (Wildman–Crippen LogP) is 3.13. The Morgan fingerprint density at radius 2 is 1.83 bits per heavy atom. The molecule has 154 valence electrons. The van der Waals surface area contributed by atoms with Gasteiger partial charge in [-0.15, -0.1) is 0 Å². The van der Waals surface area contributed by atoms with E-state index in [9.17, 15) is 13.2 Å². The summed E-state index contributed by atoms with van der Waals surface area (Å²) in [4.78, 5) is 12.7. The van der Waals surface area contributed by atoms with E-state index in [1.165, 1.54) is 0 Å². The number of hydrogen-bond acceptors (Lipinski definition) is 4. The van der Waals surface area contributed by atoms with Crippen LogP contribution in [0.15, 0.2) is 47.4 Å². The Morgan fingerprint density at radius 3 is 2.55 bits per heavy atom. The minimum atomic E-state index is -3.44. The first-order valence-electron chi connectivity index (χ1n) is 9.75. The van der Waals surface area contributed by atoms with Crippen LogP contribution in [0.4, 0.5) is 0 Å². The van der Waals surface area contributed by atoms with Crippen LogP contribution < -0.4 is 10.1 Å². The van der Waals surface area contributed by atoms with Crippen molar-refractivity contribution in [2.24, 2.45) is 0 Å². The van der Waals surface area contributed by atoms with Crippen LogP contribution in [0.1, 0.15) is 30.4 Å². The van der Waals surface area contributed by atoms with Gasteiger partial charge in [0.1, 0.15) is 5.75 Å². The van der Waals surface area contributed by atoms with Gasteiger partial charge in [-0.25, -0.2) is 8.42 Å². The van der Waals surface area contributed by atoms with Crippen LogP contribution >= 0.6 is 11.6 Å². The number of rotatable bonds is 5. The summed E-state index contributed by atoms with van der Waals surface area (Å²) in [6.45, 7) is 1.46. The molecule has 0 aromatic heterocycles. The highest BCUT2D eigenvalue weighted by molar-refractivity contribution is 7.89. The lowest BCUT2D eigenvalue weighted by Gasteiger charge is -2.25. The molecule has 2 aliphatic heterocycles. The fourth-order valence-electron chi connectivity index (χ4n) is 3.70. The summed E-state index contributed by atoms with van der Waals surface area (Å²) in [6, 6.07) is 12.0. The highest BCUT2D eigenvalue weighted by Gasteiger charge is 2.29. The zero-order chi connectivity index (χ0) is 20.4. The molecule has 1 fully saturated rings. The van der Waals surface area contributed by atoms with E-state index in [4.69, 9.17) is 16.3 Å². The van der Waals surface area contributed by atoms with Crippen molar-refractivity contribution in [3.63, 3.8) is 0 Å². The van der Waals surface area contributed by atoms with E-state index >= 15 is 0 Å². The van der Waals surface area contributed by atoms with Gasteiger partial charge in [-0.2, -0.15) is 4.31 Å². The molecule has 1 amide bonds. The number of nitrogens with zero attached hydrogens (tertiary/aromatic N) is 1. The van der Waals surface area contributed by atoms with E-state index in [0.29, 0.717) is 41.7 Å². The lowest BCUT2D eigenvalue weighted by Crippen LogP contribution is -2.37. The average Bonchev–Trinajstić information content (AvgIpc) is 3.16. The van der Waals surface area contributed by atoms with Gasteiger partial charge in [0.15, 0.2) is 6.10 Å². The molecule has 8 heteroatoms. The van der Waals surface area contributed by atoms with Gasteiger partial charge in [-0.3, -0.25) is 4.79 Å². The summed E-state index contributed by atoms with van der Waals surface area (Å²) in [5.41, 5.74) is 1.75. The first-order valence-corrected chi connectivity index (χ1v) is 11.6. The molecule has 0 radical (unpaired) electrons. The first-order chi connectivity index (χ1) is 13.9. The number of benzene rings is 2. The highest BCUT2D eigenvalue weighted by atomic mass is 35.5. The molecule has 1 atom stereocenters. The van der Waals surface area contributed by atoms with Crippen molar-refractivity contribution >= 4 is 27.5 Å². The van der Waals surface area contributed by atoms with E-state index < -0.39 is 16.1 Å². The van der Waals surface area contributed by atoms with Gasteiger partial charge in [-0.05, 0) is 54.3 Å². The van der Waals surface area contributed by atoms with E-state index in [2.05, 4.69) is 5.32 Å². The molecule has 4 rings (SSSR count). The fraction of sp³-hybridized carbons (Fsp3) is 0.381. The van der Waals surface area contributed by atoms with Gasteiger partial charge in [0.05, 0.1) is 4.90 Å². The summed E-state index contributed by atoms with van der Waals surface area (Å²) in [5.74, 6) is 0.476. The monoisotopic (exact) mass is 434 g/mol. The summed E-state index contributed by atoms with van der Waals surface area (Å²) in [7, 11) is -3.44. The molecule has 6 nitrogen and oxygen atoms in total. The summed E-state index contributed by atoms with van der Waals surface area (Å²) >= 11 is 5.98. The van der Waals surface area contributed by atoms with E-state index in [-0.39, 0.29) is 5.91 Å². The van der Waals surface area contributed by atoms with Gasteiger partial charge < -0.3 is 10.1 Å². The van der Waals surface area contributed by atoms with Crippen molar-refractivity contribution in [2.75, 3.05) is 13.1 Å². The number of amides is 1. The van der Waals surface area contributed by atoms with E-state index in [0.717, 1.165) is 30.4 Å². The molecule has 2 aromatic rings. The van der Waals surface area contributed by atoms with Crippen LogP contribution in [0, 0.1) is 0 Å². The average molecular weight is 435 g/mol. The first kappa shape index (κ1) is 20.2. The standard InChI is InChI=1S/C21H23ClN2O4S/c22-17-6-9-19-16(12-17)13-20(28-19)21(25)23-14-15-4-7-18(8-5-15)29(26,27)24-10-2-1-3-11-24/h4-9,12,20H,1-3,10-11,13-14H2,(H,23,25). The lowest BCUT2D eigenvalue weighted by molar-refractivity contribution is -0.127. The molecule has 2 heterocycles. The van der Waals surface area contributed by atoms with Gasteiger partial charge in [0.25, 0.3) is 5.91 Å². The molecule has 1 unspecified atom stereocenters. The molecule has 2 aliphatic rings. The van der Waals surface area contributed by atoms with Crippen LogP contribution in [0.25, 0.3) is 0 Å². The maximum Gasteiger partial charge on any atom is 0.261 e. The Bertz CT molecular complexity index is 1000. The molecule has 29 heavy (non-hydrogen) atoms. The Balaban J connectivity index is 1.34. The van der Waals surface area contributed by atoms with Crippen LogP contribution in [-0.2, 0) is 27.8 Å². The maximum atomic E-state index is 12.7. The molecule has 1 saturated heterocycles.